The number of nitrogens with two attached hydrogens (primary N) is 3. The quantitative estimate of drug-likeness (QED) is 0.159. The van der Waals surface area contributed by atoms with E-state index in [1.165, 1.54) is 19.2 Å². The molecule has 5 amide bonds. The summed E-state index contributed by atoms with van der Waals surface area (Å²) in [6.07, 6.45) is -0.168. The number of rotatable bonds is 14. The Morgan fingerprint density at radius 2 is 1.47 bits per heavy atom. The van der Waals surface area contributed by atoms with Crippen molar-refractivity contribution in [2.45, 2.75) is 57.2 Å². The summed E-state index contributed by atoms with van der Waals surface area (Å²) in [5.74, 6) is -2.56. The number of primary amides is 1. The second kappa shape index (κ2) is 16.7. The standard InChI is InChI=1S/C36H44N6O7/c1-21(2)31(41-36(47)49-20-28-26-11-6-4-9-24(26)25-10-5-7-12-27(25)28)32(43)40-30(13-8-18-37)33(44)42(35(39)46)23-16-14-22(15-17-23)19-29(38)34(45)48-3/h4-7,9-12,14-17,21,28-31H,8,13,18-20,37-38H2,1-3H3,(H2,39,46)(H,40,43)(H,41,47)/t29-,30-,31-/m0/s1. The zero-order chi connectivity index (χ0) is 35.7. The maximum Gasteiger partial charge on any atom is 0.407 e. The van der Waals surface area contributed by atoms with Gasteiger partial charge in [0.25, 0.3) is 5.91 Å². The summed E-state index contributed by atoms with van der Waals surface area (Å²) in [6, 6.07) is 17.9. The van der Waals surface area contributed by atoms with Crippen LogP contribution in [0.15, 0.2) is 72.8 Å². The number of hydrogen-bond acceptors (Lipinski definition) is 9. The summed E-state index contributed by atoms with van der Waals surface area (Å²) >= 11 is 0. The Balaban J connectivity index is 1.44. The number of anilines is 1. The van der Waals surface area contributed by atoms with Gasteiger partial charge in [-0.3, -0.25) is 14.4 Å². The lowest BCUT2D eigenvalue weighted by atomic mass is 9.98. The van der Waals surface area contributed by atoms with Gasteiger partial charge in [-0.2, -0.15) is 0 Å². The minimum Gasteiger partial charge on any atom is -0.468 e. The van der Waals surface area contributed by atoms with Gasteiger partial charge in [-0.15, -0.1) is 0 Å². The van der Waals surface area contributed by atoms with Gasteiger partial charge >= 0.3 is 18.1 Å². The highest BCUT2D eigenvalue weighted by Gasteiger charge is 2.34. The number of carbonyl (C=O) groups excluding carboxylic acids is 5. The van der Waals surface area contributed by atoms with E-state index in [4.69, 9.17) is 21.9 Å². The molecule has 0 radical (unpaired) electrons. The number of fused-ring (bicyclic) bond motifs is 3. The number of ether oxygens (including phenoxy) is 2. The van der Waals surface area contributed by atoms with Crippen molar-refractivity contribution in [1.29, 1.82) is 0 Å². The molecule has 3 aromatic rings. The zero-order valence-corrected chi connectivity index (χ0v) is 27.9. The normalized spacial score (nSPS) is 13.8. The minimum absolute atomic E-state index is 0.0604. The van der Waals surface area contributed by atoms with Crippen molar-refractivity contribution >= 4 is 35.6 Å². The van der Waals surface area contributed by atoms with Crippen molar-refractivity contribution < 1.29 is 33.4 Å². The molecule has 3 aromatic carbocycles. The van der Waals surface area contributed by atoms with E-state index in [1.54, 1.807) is 26.0 Å². The number of nitrogens with zero attached hydrogens (tertiary/aromatic N) is 1. The molecular formula is C36H44N6O7. The Morgan fingerprint density at radius 3 is 2.00 bits per heavy atom. The molecule has 0 saturated carbocycles. The third kappa shape index (κ3) is 8.80. The van der Waals surface area contributed by atoms with Crippen LogP contribution in [0.1, 0.15) is 49.3 Å². The van der Waals surface area contributed by atoms with E-state index in [1.807, 2.05) is 48.5 Å². The van der Waals surface area contributed by atoms with Crippen LogP contribution in [0.5, 0.6) is 0 Å². The molecule has 4 rings (SSSR count). The Labute approximate surface area is 285 Å². The second-order valence-corrected chi connectivity index (χ2v) is 12.2. The number of carbonyl (C=O) groups is 5. The number of alkyl carbamates (subject to hydrolysis) is 1. The number of methoxy groups -OCH3 is 1. The van der Waals surface area contributed by atoms with Gasteiger partial charge in [0.15, 0.2) is 0 Å². The molecule has 0 fully saturated rings. The van der Waals surface area contributed by atoms with E-state index in [0.29, 0.717) is 12.0 Å². The van der Waals surface area contributed by atoms with Crippen LogP contribution >= 0.6 is 0 Å². The number of amides is 5. The highest BCUT2D eigenvalue weighted by Crippen LogP contribution is 2.44. The largest absolute Gasteiger partial charge is 0.468 e. The summed E-state index contributed by atoms with van der Waals surface area (Å²) in [4.78, 5) is 65.4. The fourth-order valence-electron chi connectivity index (χ4n) is 5.93. The molecule has 13 heteroatoms. The van der Waals surface area contributed by atoms with E-state index >= 15 is 0 Å². The van der Waals surface area contributed by atoms with Gasteiger partial charge in [-0.1, -0.05) is 74.5 Å². The molecule has 0 aliphatic heterocycles. The third-order valence-corrected chi connectivity index (χ3v) is 8.47. The Morgan fingerprint density at radius 1 is 0.878 bits per heavy atom. The van der Waals surface area contributed by atoms with E-state index < -0.39 is 48.0 Å². The van der Waals surface area contributed by atoms with Crippen LogP contribution < -0.4 is 32.7 Å². The molecule has 0 aromatic heterocycles. The van der Waals surface area contributed by atoms with Gasteiger partial charge in [0.2, 0.25) is 5.91 Å². The molecule has 3 atom stereocenters. The second-order valence-electron chi connectivity index (χ2n) is 12.2. The molecule has 260 valence electrons. The predicted octanol–water partition coefficient (Wildman–Crippen LogP) is 2.93. The van der Waals surface area contributed by atoms with Crippen molar-refractivity contribution in [3.05, 3.63) is 89.5 Å². The lowest BCUT2D eigenvalue weighted by Crippen LogP contribution is -2.57. The third-order valence-electron chi connectivity index (χ3n) is 8.47. The van der Waals surface area contributed by atoms with Crippen LogP contribution in [0.2, 0.25) is 0 Å². The monoisotopic (exact) mass is 672 g/mol. The van der Waals surface area contributed by atoms with Crippen molar-refractivity contribution in [3.8, 4) is 11.1 Å². The highest BCUT2D eigenvalue weighted by atomic mass is 16.5. The molecule has 0 spiro atoms. The summed E-state index contributed by atoms with van der Waals surface area (Å²) in [5.41, 5.74) is 22.3. The van der Waals surface area contributed by atoms with E-state index in [0.717, 1.165) is 27.2 Å². The van der Waals surface area contributed by atoms with Crippen molar-refractivity contribution in [3.63, 3.8) is 0 Å². The highest BCUT2D eigenvalue weighted by molar-refractivity contribution is 6.16. The van der Waals surface area contributed by atoms with Gasteiger partial charge in [0.1, 0.15) is 24.7 Å². The molecule has 0 bridgehead atoms. The molecule has 0 saturated heterocycles. The number of urea groups is 1. The van der Waals surface area contributed by atoms with Gasteiger partial charge in [0, 0.05) is 5.92 Å². The molecule has 13 nitrogen and oxygen atoms in total. The van der Waals surface area contributed by atoms with E-state index in [-0.39, 0.29) is 43.5 Å². The molecular weight excluding hydrogens is 628 g/mol. The average molecular weight is 673 g/mol. The smallest absolute Gasteiger partial charge is 0.407 e. The van der Waals surface area contributed by atoms with Gasteiger partial charge < -0.3 is 37.3 Å². The van der Waals surface area contributed by atoms with Gasteiger partial charge in [0.05, 0.1) is 12.8 Å². The molecule has 49 heavy (non-hydrogen) atoms. The van der Waals surface area contributed by atoms with Crippen LogP contribution in [-0.4, -0.2) is 68.3 Å². The lowest BCUT2D eigenvalue weighted by Gasteiger charge is -2.28. The fraction of sp³-hybridized carbons (Fsp3) is 0.361. The molecule has 0 heterocycles. The summed E-state index contributed by atoms with van der Waals surface area (Å²) in [7, 11) is 1.24. The molecule has 1 aliphatic carbocycles. The minimum atomic E-state index is -1.19. The van der Waals surface area contributed by atoms with Crippen LogP contribution in [-0.2, 0) is 30.3 Å². The van der Waals surface area contributed by atoms with Gasteiger partial charge in [-0.05, 0) is 71.7 Å². The topological polar surface area (TPSA) is 209 Å². The number of benzene rings is 3. The first-order valence-corrected chi connectivity index (χ1v) is 16.1. The van der Waals surface area contributed by atoms with Crippen LogP contribution in [0.3, 0.4) is 0 Å². The van der Waals surface area contributed by atoms with Gasteiger partial charge in [-0.25, -0.2) is 14.5 Å². The predicted molar refractivity (Wildman–Crippen MR) is 184 cm³/mol. The summed E-state index contributed by atoms with van der Waals surface area (Å²) in [6.45, 7) is 3.77. The number of hydrogen-bond donors (Lipinski definition) is 5. The number of esters is 1. The van der Waals surface area contributed by atoms with Crippen LogP contribution in [0, 0.1) is 5.92 Å². The molecule has 0 unspecified atom stereocenters. The van der Waals surface area contributed by atoms with Crippen molar-refractivity contribution in [1.82, 2.24) is 10.6 Å². The lowest BCUT2D eigenvalue weighted by molar-refractivity contribution is -0.142. The summed E-state index contributed by atoms with van der Waals surface area (Å²) in [5, 5.41) is 5.34. The first-order chi connectivity index (χ1) is 23.5. The maximum absolute atomic E-state index is 13.8. The molecule has 1 aliphatic rings. The summed E-state index contributed by atoms with van der Waals surface area (Å²) < 4.78 is 10.3. The van der Waals surface area contributed by atoms with E-state index in [2.05, 4.69) is 15.4 Å². The Hall–Kier alpha value is -5.27. The first-order valence-electron chi connectivity index (χ1n) is 16.1. The van der Waals surface area contributed by atoms with Crippen LogP contribution in [0.25, 0.3) is 11.1 Å². The number of imide groups is 1. The Kier molecular flexibility index (Phi) is 12.5. The first kappa shape index (κ1) is 36.6. The van der Waals surface area contributed by atoms with Crippen molar-refractivity contribution in [2.24, 2.45) is 23.1 Å². The SMILES string of the molecule is COC(=O)[C@@H](N)Cc1ccc(N(C(N)=O)C(=O)[C@H](CCCN)NC(=O)[C@@H](NC(=O)OCC2c3ccccc3-c3ccccc32)C(C)C)cc1. The Bertz CT molecular complexity index is 1620. The zero-order valence-electron chi connectivity index (χ0n) is 27.9. The molecule has 8 N–H and O–H groups in total. The number of nitrogens with one attached hydrogen (secondary N) is 2. The van der Waals surface area contributed by atoms with Crippen LogP contribution in [0.4, 0.5) is 15.3 Å². The average Bonchev–Trinajstić information content (AvgIpc) is 3.41. The van der Waals surface area contributed by atoms with Crippen molar-refractivity contribution in [2.75, 3.05) is 25.2 Å². The van der Waals surface area contributed by atoms with E-state index in [9.17, 15) is 24.0 Å². The fourth-order valence-corrected chi connectivity index (χ4v) is 5.93. The maximum atomic E-state index is 13.8.